The molecule has 1 unspecified atom stereocenters. The molecule has 0 bridgehead atoms. The van der Waals surface area contributed by atoms with Gasteiger partial charge in [-0.05, 0) is 24.8 Å². The van der Waals surface area contributed by atoms with E-state index >= 15 is 0 Å². The van der Waals surface area contributed by atoms with Gasteiger partial charge >= 0.3 is 6.09 Å². The van der Waals surface area contributed by atoms with Gasteiger partial charge in [0.25, 0.3) is 0 Å². The standard InChI is InChI=1S/C16H22N2O5S/c17-24(20,21)14-10-16(6-8-22-9-7-16)18(11-14)15(19)23-12-13-4-2-1-3-5-13/h1-5,14H,6-12H2,(H2,17,20,21). The lowest BCUT2D eigenvalue weighted by atomic mass is 9.87. The lowest BCUT2D eigenvalue weighted by Gasteiger charge is -2.40. The van der Waals surface area contributed by atoms with Crippen molar-refractivity contribution in [3.8, 4) is 0 Å². The van der Waals surface area contributed by atoms with E-state index in [9.17, 15) is 13.2 Å². The molecule has 0 radical (unpaired) electrons. The van der Waals surface area contributed by atoms with Gasteiger partial charge in [-0.2, -0.15) is 0 Å². The summed E-state index contributed by atoms with van der Waals surface area (Å²) >= 11 is 0. The second-order valence-electron chi connectivity index (χ2n) is 6.40. The van der Waals surface area contributed by atoms with Crippen LogP contribution in [0.15, 0.2) is 30.3 Å². The number of carbonyl (C=O) groups is 1. The largest absolute Gasteiger partial charge is 0.445 e. The van der Waals surface area contributed by atoms with Crippen molar-refractivity contribution in [1.82, 2.24) is 4.90 Å². The van der Waals surface area contributed by atoms with Crippen LogP contribution in [-0.4, -0.2) is 50.0 Å². The van der Waals surface area contributed by atoms with Crippen molar-refractivity contribution in [2.24, 2.45) is 5.14 Å². The van der Waals surface area contributed by atoms with Crippen molar-refractivity contribution in [3.05, 3.63) is 35.9 Å². The molecule has 3 rings (SSSR count). The monoisotopic (exact) mass is 354 g/mol. The predicted octanol–water partition coefficient (Wildman–Crippen LogP) is 1.24. The summed E-state index contributed by atoms with van der Waals surface area (Å²) < 4.78 is 34.3. The van der Waals surface area contributed by atoms with Gasteiger partial charge in [0, 0.05) is 19.8 Å². The van der Waals surface area contributed by atoms with Crippen LogP contribution >= 0.6 is 0 Å². The second-order valence-corrected chi connectivity index (χ2v) is 8.25. The Hall–Kier alpha value is -1.64. The third kappa shape index (κ3) is 3.55. The number of carbonyl (C=O) groups excluding carboxylic acids is 1. The fourth-order valence-electron chi connectivity index (χ4n) is 3.51. The van der Waals surface area contributed by atoms with E-state index in [-0.39, 0.29) is 13.2 Å². The minimum atomic E-state index is -3.70. The highest BCUT2D eigenvalue weighted by Crippen LogP contribution is 2.40. The summed E-state index contributed by atoms with van der Waals surface area (Å²) in [5, 5.41) is 4.57. The molecule has 132 valence electrons. The molecular formula is C16H22N2O5S. The Balaban J connectivity index is 1.74. The first-order chi connectivity index (χ1) is 11.4. The van der Waals surface area contributed by atoms with Crippen molar-refractivity contribution >= 4 is 16.1 Å². The number of hydrogen-bond donors (Lipinski definition) is 1. The van der Waals surface area contributed by atoms with Gasteiger partial charge in [0.1, 0.15) is 6.61 Å². The van der Waals surface area contributed by atoms with E-state index in [0.717, 1.165) is 5.56 Å². The molecule has 24 heavy (non-hydrogen) atoms. The first-order valence-electron chi connectivity index (χ1n) is 7.98. The molecule has 2 saturated heterocycles. The van der Waals surface area contributed by atoms with Gasteiger partial charge in [-0.3, -0.25) is 0 Å². The predicted molar refractivity (Wildman–Crippen MR) is 87.6 cm³/mol. The molecule has 1 amide bonds. The topological polar surface area (TPSA) is 98.9 Å². The maximum Gasteiger partial charge on any atom is 0.410 e. The summed E-state index contributed by atoms with van der Waals surface area (Å²) in [7, 11) is -3.70. The van der Waals surface area contributed by atoms with Gasteiger partial charge in [-0.15, -0.1) is 0 Å². The zero-order valence-corrected chi connectivity index (χ0v) is 14.2. The van der Waals surface area contributed by atoms with Gasteiger partial charge in [0.2, 0.25) is 10.0 Å². The molecule has 1 atom stereocenters. The van der Waals surface area contributed by atoms with Crippen LogP contribution in [0.4, 0.5) is 4.79 Å². The fourth-order valence-corrected chi connectivity index (χ4v) is 4.41. The molecule has 2 aliphatic rings. The summed E-state index contributed by atoms with van der Waals surface area (Å²) in [5.41, 5.74) is 0.345. The molecule has 2 N–H and O–H groups in total. The van der Waals surface area contributed by atoms with Crippen molar-refractivity contribution < 1.29 is 22.7 Å². The Morgan fingerprint density at radius 3 is 2.58 bits per heavy atom. The van der Waals surface area contributed by atoms with E-state index in [0.29, 0.717) is 32.5 Å². The number of ether oxygens (including phenoxy) is 2. The zero-order valence-electron chi connectivity index (χ0n) is 13.4. The minimum Gasteiger partial charge on any atom is -0.445 e. The number of hydrogen-bond acceptors (Lipinski definition) is 5. The Labute approximate surface area is 141 Å². The number of nitrogens with two attached hydrogens (primary N) is 1. The fraction of sp³-hybridized carbons (Fsp3) is 0.562. The van der Waals surface area contributed by atoms with Crippen LogP contribution in [-0.2, 0) is 26.1 Å². The van der Waals surface area contributed by atoms with Crippen LogP contribution in [0.5, 0.6) is 0 Å². The molecule has 7 nitrogen and oxygen atoms in total. The smallest absolute Gasteiger partial charge is 0.410 e. The molecule has 0 saturated carbocycles. The quantitative estimate of drug-likeness (QED) is 0.880. The highest BCUT2D eigenvalue weighted by atomic mass is 32.2. The number of primary sulfonamides is 1. The molecule has 0 aliphatic carbocycles. The Morgan fingerprint density at radius 1 is 1.29 bits per heavy atom. The Bertz CT molecular complexity index is 686. The highest BCUT2D eigenvalue weighted by molar-refractivity contribution is 7.89. The van der Waals surface area contributed by atoms with E-state index in [1.165, 1.54) is 0 Å². The number of nitrogens with zero attached hydrogens (tertiary/aromatic N) is 1. The van der Waals surface area contributed by atoms with Crippen LogP contribution in [0.2, 0.25) is 0 Å². The summed E-state index contributed by atoms with van der Waals surface area (Å²) in [5.74, 6) is 0. The third-order valence-corrected chi connectivity index (χ3v) is 6.13. The average Bonchev–Trinajstić information content (AvgIpc) is 2.93. The Morgan fingerprint density at radius 2 is 1.96 bits per heavy atom. The number of likely N-dealkylation sites (tertiary alicyclic amines) is 1. The van der Waals surface area contributed by atoms with Crippen molar-refractivity contribution in [2.75, 3.05) is 19.8 Å². The normalized spacial score (nSPS) is 23.4. The zero-order chi connectivity index (χ0) is 17.2. The van der Waals surface area contributed by atoms with Crippen molar-refractivity contribution in [2.45, 2.75) is 36.7 Å². The van der Waals surface area contributed by atoms with Crippen LogP contribution in [0.25, 0.3) is 0 Å². The lowest BCUT2D eigenvalue weighted by Crippen LogP contribution is -2.50. The summed E-state index contributed by atoms with van der Waals surface area (Å²) in [6, 6.07) is 9.37. The Kier molecular flexibility index (Phi) is 4.80. The van der Waals surface area contributed by atoms with Gasteiger partial charge in [-0.1, -0.05) is 30.3 Å². The van der Waals surface area contributed by atoms with E-state index in [1.807, 2.05) is 30.3 Å². The van der Waals surface area contributed by atoms with Crippen LogP contribution in [0.1, 0.15) is 24.8 Å². The first kappa shape index (κ1) is 17.2. The highest BCUT2D eigenvalue weighted by Gasteiger charge is 2.52. The van der Waals surface area contributed by atoms with Gasteiger partial charge in [0.15, 0.2) is 0 Å². The van der Waals surface area contributed by atoms with Gasteiger partial charge in [0.05, 0.1) is 10.8 Å². The number of benzene rings is 1. The van der Waals surface area contributed by atoms with E-state index < -0.39 is 26.9 Å². The molecular weight excluding hydrogens is 332 g/mol. The van der Waals surface area contributed by atoms with Crippen LogP contribution in [0, 0.1) is 0 Å². The average molecular weight is 354 g/mol. The maximum atomic E-state index is 12.6. The minimum absolute atomic E-state index is 0.0758. The van der Waals surface area contributed by atoms with E-state index in [2.05, 4.69) is 0 Å². The van der Waals surface area contributed by atoms with Crippen LogP contribution in [0.3, 0.4) is 0 Å². The molecule has 2 fully saturated rings. The molecule has 1 spiro atoms. The molecule has 2 aliphatic heterocycles. The number of rotatable bonds is 3. The summed E-state index contributed by atoms with van der Waals surface area (Å²) in [4.78, 5) is 14.1. The molecule has 2 heterocycles. The SMILES string of the molecule is NS(=O)(=O)C1CN(C(=O)OCc2ccccc2)C2(CCOCC2)C1. The maximum absolute atomic E-state index is 12.6. The number of amides is 1. The second kappa shape index (κ2) is 6.70. The molecule has 1 aromatic rings. The van der Waals surface area contributed by atoms with Gasteiger partial charge in [-0.25, -0.2) is 18.4 Å². The summed E-state index contributed by atoms with van der Waals surface area (Å²) in [6.07, 6.45) is 1.04. The number of sulfonamides is 1. The lowest BCUT2D eigenvalue weighted by molar-refractivity contribution is -0.0102. The van der Waals surface area contributed by atoms with Crippen LogP contribution < -0.4 is 5.14 Å². The third-order valence-electron chi connectivity index (χ3n) is 4.88. The van der Waals surface area contributed by atoms with E-state index in [1.54, 1.807) is 4.90 Å². The summed E-state index contributed by atoms with van der Waals surface area (Å²) in [6.45, 7) is 1.23. The molecule has 8 heteroatoms. The van der Waals surface area contributed by atoms with Crippen molar-refractivity contribution in [1.29, 1.82) is 0 Å². The van der Waals surface area contributed by atoms with Crippen molar-refractivity contribution in [3.63, 3.8) is 0 Å². The van der Waals surface area contributed by atoms with E-state index in [4.69, 9.17) is 14.6 Å². The van der Waals surface area contributed by atoms with Gasteiger partial charge < -0.3 is 14.4 Å². The molecule has 0 aromatic heterocycles. The molecule has 1 aromatic carbocycles. The first-order valence-corrected chi connectivity index (χ1v) is 9.59.